The number of methoxy groups -OCH3 is 1. The van der Waals surface area contributed by atoms with Gasteiger partial charge in [0.1, 0.15) is 30.1 Å². The molecule has 0 radical (unpaired) electrons. The minimum atomic E-state index is -1.63. The molecule has 7 rings (SSSR count). The number of ether oxygens (including phenoxy) is 10. The number of amides is 1. The number of aliphatic hydroxyl groups excluding tert-OH is 1. The highest BCUT2D eigenvalue weighted by Gasteiger charge is 2.58. The molecule has 4 aliphatic heterocycles. The number of nitrogens with zero attached hydrogens (tertiary/aromatic N) is 3. The lowest BCUT2D eigenvalue weighted by Gasteiger charge is -2.49. The van der Waals surface area contributed by atoms with Crippen LogP contribution < -0.4 is 15.5 Å². The minimum Gasteiger partial charge on any atom is -0.491 e. The fourth-order valence-electron chi connectivity index (χ4n) is 12.6. The molecule has 5 heterocycles. The maximum Gasteiger partial charge on any atom is 0.509 e. The second kappa shape index (κ2) is 25.3. The zero-order valence-corrected chi connectivity index (χ0v) is 48.6. The number of likely N-dealkylation sites (N-methyl/N-ethyl adjacent to an activating group) is 2. The number of aromatic carboxylic acids is 1. The van der Waals surface area contributed by atoms with Crippen LogP contribution in [0, 0.1) is 17.8 Å². The first-order valence-electron chi connectivity index (χ1n) is 28.1. The van der Waals surface area contributed by atoms with Crippen molar-refractivity contribution in [1.29, 1.82) is 0 Å². The van der Waals surface area contributed by atoms with Gasteiger partial charge in [0.15, 0.2) is 24.3 Å². The molecule has 18 atom stereocenters. The molecule has 2 aromatic rings. The Morgan fingerprint density at radius 3 is 2.30 bits per heavy atom. The van der Waals surface area contributed by atoms with Crippen molar-refractivity contribution in [2.24, 2.45) is 17.8 Å². The molecule has 22 heteroatoms. The van der Waals surface area contributed by atoms with E-state index in [2.05, 4.69) is 5.32 Å². The van der Waals surface area contributed by atoms with Crippen LogP contribution in [0.15, 0.2) is 29.2 Å². The third kappa shape index (κ3) is 13.9. The quantitative estimate of drug-likeness (QED) is 0.119. The van der Waals surface area contributed by atoms with Crippen molar-refractivity contribution >= 4 is 34.9 Å². The van der Waals surface area contributed by atoms with Gasteiger partial charge in [0.25, 0.3) is 0 Å². The van der Waals surface area contributed by atoms with Crippen LogP contribution >= 0.6 is 0 Å². The molecule has 1 aliphatic carbocycles. The average Bonchev–Trinajstić information content (AvgIpc) is 4.30. The summed E-state index contributed by atoms with van der Waals surface area (Å²) in [5.41, 5.74) is -4.30. The Hall–Kier alpha value is -4.49. The summed E-state index contributed by atoms with van der Waals surface area (Å²) in [5, 5.41) is 37.7. The van der Waals surface area contributed by atoms with Crippen LogP contribution in [0.25, 0.3) is 10.9 Å². The predicted molar refractivity (Wildman–Crippen MR) is 288 cm³/mol. The molecule has 4 N–H and O–H groups in total. The summed E-state index contributed by atoms with van der Waals surface area (Å²) in [7, 11) is 7.19. The number of aliphatic hydroxyl groups is 2. The van der Waals surface area contributed by atoms with Crippen LogP contribution in [0.3, 0.4) is 0 Å². The van der Waals surface area contributed by atoms with Crippen LogP contribution in [-0.2, 0) is 52.2 Å². The van der Waals surface area contributed by atoms with Gasteiger partial charge in [-0.15, -0.1) is 0 Å². The van der Waals surface area contributed by atoms with E-state index >= 15 is 0 Å². The van der Waals surface area contributed by atoms with Gasteiger partial charge in [-0.1, -0.05) is 20.8 Å². The minimum absolute atomic E-state index is 0.0106. The van der Waals surface area contributed by atoms with E-state index in [1.54, 1.807) is 45.9 Å². The van der Waals surface area contributed by atoms with Gasteiger partial charge < -0.3 is 77.5 Å². The standard InChI is InChI=1S/C57H88N4O18/c1-15-42-57(10)50(78-54(68)79-57)34(6)60(13)28-30(2)26-55(8,69)49(77-53-46(64)41(59(11)12)24-31(3)73-53)32(4)47(33(5)52(67)75-42)76-44-27-56(9,70-14)48(35(7)74-44)58-43(62)20-21-71-22-23-72-37-18-19-40-38(25-37)45(63)39(51(65)66)29-61(40)36-16-17-36/h18-19,25,29-36,41-42,44,46-50,53,64,69H,15-17,20-24,26-28H2,1-14H3,(H,58,62)(H,65,66)/t30-,31+,32+,33+,34+,35-,41-,42-,44-,46+,47-,48+,49+,50+,53-,55+,56+,57-/m0/s1. The first-order valence-corrected chi connectivity index (χ1v) is 28.1. The van der Waals surface area contributed by atoms with Crippen LogP contribution in [-0.4, -0.2) is 199 Å². The summed E-state index contributed by atoms with van der Waals surface area (Å²) < 4.78 is 64.5. The van der Waals surface area contributed by atoms with Crippen molar-refractivity contribution in [1.82, 2.24) is 19.7 Å². The normalized spacial score (nSPS) is 38.0. The molecule has 1 saturated carbocycles. The number of esters is 1. The molecule has 5 fully saturated rings. The van der Waals surface area contributed by atoms with Crippen molar-refractivity contribution in [3.63, 3.8) is 0 Å². The molecular formula is C57H88N4O18. The molecule has 0 unspecified atom stereocenters. The molecule has 1 aromatic carbocycles. The molecule has 5 aliphatic rings. The van der Waals surface area contributed by atoms with Crippen LogP contribution in [0.2, 0.25) is 0 Å². The number of aromatic nitrogens is 1. The zero-order chi connectivity index (χ0) is 58.1. The molecule has 22 nitrogen and oxygen atoms in total. The number of hydrogen-bond acceptors (Lipinski definition) is 19. The molecular weight excluding hydrogens is 1030 g/mol. The molecule has 0 bridgehead atoms. The SMILES string of the molecule is CC[C@@H]1OC(=O)[C@H](C)[C@@H](O[C@H]2C[C@@](C)(OC)[C@H](NC(=O)CCOCCOc3ccc4c(c3)c(=O)c(C(=O)O)cn4C3CC3)[C@H](C)O2)[C@@H](C)[C@@H](O[C@@H]2O[C@H](C)C[C@H](N(C)C)[C@H]2O)[C@](C)(O)C[C@H](C)CN(C)[C@H](C)[C@H]2OC(=O)O[C@@]12C. The van der Waals surface area contributed by atoms with E-state index in [0.29, 0.717) is 24.2 Å². The van der Waals surface area contributed by atoms with Gasteiger partial charge in [-0.05, 0) is 126 Å². The largest absolute Gasteiger partial charge is 0.509 e. The number of rotatable bonds is 17. The van der Waals surface area contributed by atoms with E-state index in [-0.39, 0.29) is 86.5 Å². The first-order chi connectivity index (χ1) is 37.1. The van der Waals surface area contributed by atoms with Gasteiger partial charge in [-0.2, -0.15) is 0 Å². The third-order valence-electron chi connectivity index (χ3n) is 17.2. The molecule has 79 heavy (non-hydrogen) atoms. The van der Waals surface area contributed by atoms with Crippen LogP contribution in [0.4, 0.5) is 4.79 Å². The van der Waals surface area contributed by atoms with E-state index in [0.717, 1.165) is 12.8 Å². The number of carbonyl (C=O) groups excluding carboxylic acids is 3. The average molecular weight is 1120 g/mol. The summed E-state index contributed by atoms with van der Waals surface area (Å²) in [4.78, 5) is 70.2. The van der Waals surface area contributed by atoms with E-state index in [1.165, 1.54) is 13.3 Å². The fraction of sp³-hybridized carbons (Fsp3) is 0.772. The van der Waals surface area contributed by atoms with E-state index in [9.17, 15) is 39.3 Å². The van der Waals surface area contributed by atoms with Crippen LogP contribution in [0.1, 0.15) is 131 Å². The van der Waals surface area contributed by atoms with Crippen molar-refractivity contribution in [2.75, 3.05) is 54.6 Å². The van der Waals surface area contributed by atoms with E-state index in [4.69, 9.17) is 47.4 Å². The van der Waals surface area contributed by atoms with Gasteiger partial charge in [-0.25, -0.2) is 9.59 Å². The summed E-state index contributed by atoms with van der Waals surface area (Å²) >= 11 is 0. The van der Waals surface area contributed by atoms with Gasteiger partial charge in [0, 0.05) is 56.7 Å². The molecule has 0 spiro atoms. The fourth-order valence-corrected chi connectivity index (χ4v) is 12.6. The lowest BCUT2D eigenvalue weighted by molar-refractivity contribution is -0.311. The predicted octanol–water partition coefficient (Wildman–Crippen LogP) is 5.04. The Labute approximate surface area is 463 Å². The van der Waals surface area contributed by atoms with Crippen LogP contribution in [0.5, 0.6) is 5.75 Å². The van der Waals surface area contributed by atoms with Crippen molar-refractivity contribution in [3.05, 3.63) is 40.2 Å². The Morgan fingerprint density at radius 2 is 1.66 bits per heavy atom. The highest BCUT2D eigenvalue weighted by molar-refractivity contribution is 5.93. The maximum atomic E-state index is 14.8. The number of pyridine rings is 1. The number of carboxylic acids is 1. The lowest BCUT2D eigenvalue weighted by atomic mass is 9.77. The summed E-state index contributed by atoms with van der Waals surface area (Å²) in [5.74, 6) is -3.99. The molecule has 444 valence electrons. The number of carbonyl (C=O) groups is 4. The van der Waals surface area contributed by atoms with Gasteiger partial charge in [-0.3, -0.25) is 19.3 Å². The Morgan fingerprint density at radius 1 is 0.949 bits per heavy atom. The van der Waals surface area contributed by atoms with Crippen molar-refractivity contribution < 1.29 is 81.9 Å². The Kier molecular flexibility index (Phi) is 19.9. The van der Waals surface area contributed by atoms with Gasteiger partial charge in [0.2, 0.25) is 11.3 Å². The first kappa shape index (κ1) is 62.1. The molecule has 1 amide bonds. The summed E-state index contributed by atoms with van der Waals surface area (Å²) in [6, 6.07) is 3.78. The molecule has 1 aromatic heterocycles. The monoisotopic (exact) mass is 1120 g/mol. The zero-order valence-electron chi connectivity index (χ0n) is 48.6. The van der Waals surface area contributed by atoms with Crippen molar-refractivity contribution in [3.8, 4) is 5.75 Å². The lowest BCUT2D eigenvalue weighted by Crippen LogP contribution is -2.64. The second-order valence-corrected chi connectivity index (χ2v) is 23.9. The van der Waals surface area contributed by atoms with E-state index in [1.807, 2.05) is 77.1 Å². The number of benzene rings is 1. The number of carboxylic acid groups (broad SMARTS) is 1. The second-order valence-electron chi connectivity index (χ2n) is 23.9. The summed E-state index contributed by atoms with van der Waals surface area (Å²) in [6.45, 7) is 18.9. The number of cyclic esters (lactones) is 1. The molecule has 4 saturated heterocycles. The van der Waals surface area contributed by atoms with Crippen molar-refractivity contribution in [2.45, 2.75) is 210 Å². The number of nitrogens with one attached hydrogen (secondary N) is 1. The highest BCUT2D eigenvalue weighted by Crippen LogP contribution is 2.43. The number of hydrogen-bond donors (Lipinski definition) is 4. The smallest absolute Gasteiger partial charge is 0.491 e. The topological polar surface area (TPSA) is 262 Å². The van der Waals surface area contributed by atoms with Gasteiger partial charge in [0.05, 0.1) is 71.7 Å². The Bertz CT molecular complexity index is 2520. The maximum absolute atomic E-state index is 14.8. The van der Waals surface area contributed by atoms with E-state index < -0.39 is 113 Å². The third-order valence-corrected chi connectivity index (χ3v) is 17.2. The Balaban J connectivity index is 1.07. The highest BCUT2D eigenvalue weighted by atomic mass is 16.8. The van der Waals surface area contributed by atoms with Gasteiger partial charge >= 0.3 is 18.1 Å². The summed E-state index contributed by atoms with van der Waals surface area (Å²) in [6.07, 6.45) is -4.84. The number of fused-ring (bicyclic) bond motifs is 2.